The van der Waals surface area contributed by atoms with Gasteiger partial charge in [-0.05, 0) is 42.3 Å². The predicted molar refractivity (Wildman–Crippen MR) is 99.0 cm³/mol. The molecular formula is C19H20F3N3O3. The first-order chi connectivity index (χ1) is 13.1. The minimum atomic E-state index is -4.79. The first-order valence-corrected chi connectivity index (χ1v) is 8.43. The Hall–Kier alpha value is -3.23. The number of amides is 3. The Balaban J connectivity index is 1.97. The van der Waals surface area contributed by atoms with Crippen molar-refractivity contribution in [3.05, 3.63) is 54.6 Å². The number of benzene rings is 2. The maximum atomic E-state index is 12.5. The van der Waals surface area contributed by atoms with Crippen LogP contribution in [0.5, 0.6) is 5.75 Å². The van der Waals surface area contributed by atoms with Crippen LogP contribution in [0.4, 0.5) is 29.3 Å². The van der Waals surface area contributed by atoms with Crippen molar-refractivity contribution in [1.29, 1.82) is 0 Å². The molecule has 0 aliphatic carbocycles. The highest BCUT2D eigenvalue weighted by molar-refractivity contribution is 5.99. The maximum absolute atomic E-state index is 12.5. The number of urea groups is 1. The van der Waals surface area contributed by atoms with E-state index in [4.69, 9.17) is 0 Å². The number of halogens is 3. The standard InChI is InChI=1S/C19H20F3N3O3/c1-12(2)16(25-18(27)24-13-6-4-3-5-7-13)17(26)23-14-8-10-15(11-9-14)28-19(20,21)22/h3-12,16H,1-2H3,(H,23,26)(H2,24,25,27). The first kappa shape index (κ1) is 21.1. The average molecular weight is 395 g/mol. The molecular weight excluding hydrogens is 375 g/mol. The number of rotatable bonds is 6. The van der Waals surface area contributed by atoms with Crippen molar-refractivity contribution < 1.29 is 27.5 Å². The molecule has 1 atom stereocenters. The number of hydrogen-bond donors (Lipinski definition) is 3. The molecule has 1 unspecified atom stereocenters. The number of alkyl halides is 3. The van der Waals surface area contributed by atoms with Crippen LogP contribution in [-0.2, 0) is 4.79 Å². The van der Waals surface area contributed by atoms with Crippen LogP contribution in [-0.4, -0.2) is 24.3 Å². The van der Waals surface area contributed by atoms with Gasteiger partial charge in [0.15, 0.2) is 0 Å². The molecule has 0 bridgehead atoms. The normalized spacial score (nSPS) is 12.2. The van der Waals surface area contributed by atoms with Gasteiger partial charge in [-0.3, -0.25) is 4.79 Å². The summed E-state index contributed by atoms with van der Waals surface area (Å²) >= 11 is 0. The molecule has 0 fully saturated rings. The van der Waals surface area contributed by atoms with Gasteiger partial charge in [0.05, 0.1) is 0 Å². The van der Waals surface area contributed by atoms with Crippen molar-refractivity contribution in [1.82, 2.24) is 5.32 Å². The lowest BCUT2D eigenvalue weighted by molar-refractivity contribution is -0.274. The summed E-state index contributed by atoms with van der Waals surface area (Å²) in [4.78, 5) is 24.6. The predicted octanol–water partition coefficient (Wildman–Crippen LogP) is 4.37. The quantitative estimate of drug-likeness (QED) is 0.680. The lowest BCUT2D eigenvalue weighted by Gasteiger charge is -2.22. The van der Waals surface area contributed by atoms with Crippen LogP contribution >= 0.6 is 0 Å². The molecule has 6 nitrogen and oxygen atoms in total. The highest BCUT2D eigenvalue weighted by Gasteiger charge is 2.31. The molecule has 2 aromatic carbocycles. The summed E-state index contributed by atoms with van der Waals surface area (Å²) in [5.74, 6) is -1.12. The molecule has 0 aromatic heterocycles. The minimum absolute atomic E-state index is 0.227. The van der Waals surface area contributed by atoms with Gasteiger partial charge in [0.25, 0.3) is 0 Å². The van der Waals surface area contributed by atoms with Gasteiger partial charge in [-0.25, -0.2) is 4.79 Å². The summed E-state index contributed by atoms with van der Waals surface area (Å²) in [6.45, 7) is 3.51. The van der Waals surface area contributed by atoms with Crippen LogP contribution in [0.2, 0.25) is 0 Å². The number of carbonyl (C=O) groups is 2. The Labute approximate surface area is 160 Å². The van der Waals surface area contributed by atoms with E-state index in [1.807, 2.05) is 0 Å². The summed E-state index contributed by atoms with van der Waals surface area (Å²) in [5.41, 5.74) is 0.846. The van der Waals surface area contributed by atoms with E-state index in [2.05, 4.69) is 20.7 Å². The van der Waals surface area contributed by atoms with Crippen LogP contribution in [0.3, 0.4) is 0 Å². The topological polar surface area (TPSA) is 79.5 Å². The van der Waals surface area contributed by atoms with Crippen molar-refractivity contribution >= 4 is 23.3 Å². The fourth-order valence-electron chi connectivity index (χ4n) is 2.32. The largest absolute Gasteiger partial charge is 0.573 e. The lowest BCUT2D eigenvalue weighted by Crippen LogP contribution is -2.48. The fraction of sp³-hybridized carbons (Fsp3) is 0.263. The van der Waals surface area contributed by atoms with E-state index >= 15 is 0 Å². The summed E-state index contributed by atoms with van der Waals surface area (Å²) in [5, 5.41) is 7.78. The molecule has 2 rings (SSSR count). The average Bonchev–Trinajstić information content (AvgIpc) is 2.60. The van der Waals surface area contributed by atoms with Gasteiger partial charge >= 0.3 is 12.4 Å². The second kappa shape index (κ2) is 9.12. The molecule has 3 amide bonds. The van der Waals surface area contributed by atoms with Gasteiger partial charge in [0, 0.05) is 11.4 Å². The molecule has 0 heterocycles. The summed E-state index contributed by atoms with van der Waals surface area (Å²) < 4.78 is 40.3. The third kappa shape index (κ3) is 6.82. The van der Waals surface area contributed by atoms with Crippen LogP contribution in [0.15, 0.2) is 54.6 Å². The second-order valence-electron chi connectivity index (χ2n) is 6.25. The van der Waals surface area contributed by atoms with E-state index in [-0.39, 0.29) is 11.6 Å². The van der Waals surface area contributed by atoms with Crippen LogP contribution in [0.25, 0.3) is 0 Å². The van der Waals surface area contributed by atoms with Gasteiger partial charge in [0.2, 0.25) is 5.91 Å². The first-order valence-electron chi connectivity index (χ1n) is 8.43. The van der Waals surface area contributed by atoms with Crippen molar-refractivity contribution in [3.8, 4) is 5.75 Å². The molecule has 0 radical (unpaired) electrons. The van der Waals surface area contributed by atoms with Gasteiger partial charge < -0.3 is 20.7 Å². The van der Waals surface area contributed by atoms with Crippen LogP contribution in [0.1, 0.15) is 13.8 Å². The number of ether oxygens (including phenoxy) is 1. The van der Waals surface area contributed by atoms with E-state index in [0.717, 1.165) is 12.1 Å². The van der Waals surface area contributed by atoms with E-state index < -0.39 is 30.1 Å². The molecule has 0 aliphatic heterocycles. The third-order valence-corrected chi connectivity index (χ3v) is 3.62. The SMILES string of the molecule is CC(C)C(NC(=O)Nc1ccccc1)C(=O)Nc1ccc(OC(F)(F)F)cc1. The van der Waals surface area contributed by atoms with Crippen molar-refractivity contribution in [3.63, 3.8) is 0 Å². The Kier molecular flexibility index (Phi) is 6.86. The Morgan fingerprint density at radius 3 is 2.00 bits per heavy atom. The van der Waals surface area contributed by atoms with Gasteiger partial charge in [-0.15, -0.1) is 13.2 Å². The highest BCUT2D eigenvalue weighted by atomic mass is 19.4. The molecule has 9 heteroatoms. The highest BCUT2D eigenvalue weighted by Crippen LogP contribution is 2.24. The monoisotopic (exact) mass is 395 g/mol. The van der Waals surface area contributed by atoms with Crippen molar-refractivity contribution in [2.24, 2.45) is 5.92 Å². The zero-order valence-electron chi connectivity index (χ0n) is 15.2. The van der Waals surface area contributed by atoms with E-state index in [1.54, 1.807) is 44.2 Å². The Morgan fingerprint density at radius 1 is 0.893 bits per heavy atom. The number of nitrogens with one attached hydrogen (secondary N) is 3. The molecule has 0 saturated heterocycles. The molecule has 2 aromatic rings. The Morgan fingerprint density at radius 2 is 1.46 bits per heavy atom. The fourth-order valence-corrected chi connectivity index (χ4v) is 2.32. The zero-order valence-corrected chi connectivity index (χ0v) is 15.2. The van der Waals surface area contributed by atoms with Crippen LogP contribution in [0, 0.1) is 5.92 Å². The van der Waals surface area contributed by atoms with Gasteiger partial charge in [-0.2, -0.15) is 0 Å². The molecule has 0 aliphatic rings. The van der Waals surface area contributed by atoms with E-state index in [0.29, 0.717) is 5.69 Å². The van der Waals surface area contributed by atoms with E-state index in [9.17, 15) is 22.8 Å². The minimum Gasteiger partial charge on any atom is -0.406 e. The lowest BCUT2D eigenvalue weighted by atomic mass is 10.0. The molecule has 150 valence electrons. The molecule has 0 saturated carbocycles. The number of carbonyl (C=O) groups excluding carboxylic acids is 2. The number of para-hydroxylation sites is 1. The van der Waals surface area contributed by atoms with Crippen molar-refractivity contribution in [2.75, 3.05) is 10.6 Å². The zero-order chi connectivity index (χ0) is 20.7. The van der Waals surface area contributed by atoms with Crippen molar-refractivity contribution in [2.45, 2.75) is 26.3 Å². The second-order valence-corrected chi connectivity index (χ2v) is 6.25. The maximum Gasteiger partial charge on any atom is 0.573 e. The Bertz CT molecular complexity index is 794. The summed E-state index contributed by atoms with van der Waals surface area (Å²) in [7, 11) is 0. The molecule has 28 heavy (non-hydrogen) atoms. The smallest absolute Gasteiger partial charge is 0.406 e. The van der Waals surface area contributed by atoms with Gasteiger partial charge in [0.1, 0.15) is 11.8 Å². The van der Waals surface area contributed by atoms with Crippen LogP contribution < -0.4 is 20.7 Å². The number of anilines is 2. The summed E-state index contributed by atoms with van der Waals surface area (Å²) in [6.07, 6.45) is -4.79. The number of hydrogen-bond acceptors (Lipinski definition) is 3. The van der Waals surface area contributed by atoms with Gasteiger partial charge in [-0.1, -0.05) is 32.0 Å². The third-order valence-electron chi connectivity index (χ3n) is 3.62. The molecule has 0 spiro atoms. The van der Waals surface area contributed by atoms with E-state index in [1.165, 1.54) is 12.1 Å². The molecule has 3 N–H and O–H groups in total. The summed E-state index contributed by atoms with van der Waals surface area (Å²) in [6, 6.07) is 12.1.